The van der Waals surface area contributed by atoms with Gasteiger partial charge in [0.2, 0.25) is 0 Å². The summed E-state index contributed by atoms with van der Waals surface area (Å²) in [6.45, 7) is 1.16. The molecule has 1 fully saturated rings. The first-order valence-corrected chi connectivity index (χ1v) is 8.63. The number of ether oxygens (including phenoxy) is 2. The lowest BCUT2D eigenvalue weighted by Crippen LogP contribution is -2.31. The second kappa shape index (κ2) is 8.49. The summed E-state index contributed by atoms with van der Waals surface area (Å²) in [6.07, 6.45) is 2.17. The van der Waals surface area contributed by atoms with Gasteiger partial charge in [0.15, 0.2) is 6.61 Å². The Morgan fingerprint density at radius 1 is 1.15 bits per heavy atom. The Labute approximate surface area is 152 Å². The number of hydrogen-bond acceptors (Lipinski definition) is 4. The summed E-state index contributed by atoms with van der Waals surface area (Å²) >= 11 is 0. The molecule has 3 rings (SSSR count). The van der Waals surface area contributed by atoms with Gasteiger partial charge in [-0.3, -0.25) is 9.59 Å². The number of amides is 2. The third-order valence-corrected chi connectivity index (χ3v) is 4.21. The number of carbonyl (C=O) groups excluding carboxylic acids is 2. The van der Waals surface area contributed by atoms with Gasteiger partial charge in [-0.05, 0) is 48.2 Å². The van der Waals surface area contributed by atoms with Gasteiger partial charge in [0.1, 0.15) is 5.75 Å². The van der Waals surface area contributed by atoms with Gasteiger partial charge >= 0.3 is 0 Å². The molecule has 0 aliphatic carbocycles. The van der Waals surface area contributed by atoms with Gasteiger partial charge in [-0.2, -0.15) is 0 Å². The summed E-state index contributed by atoms with van der Waals surface area (Å²) in [4.78, 5) is 23.0. The molecule has 6 heteroatoms. The standard InChI is InChI=1S/C20H22N2O4/c21-19(23)13-26-17-4-1-3-16(11-17)14-6-8-15(9-7-14)20(24)22-12-18-5-2-10-25-18/h1,3-4,6-9,11,18H,2,5,10,12-13H2,(H2,21,23)(H,22,24). The maximum Gasteiger partial charge on any atom is 0.255 e. The summed E-state index contributed by atoms with van der Waals surface area (Å²) in [5, 5.41) is 2.91. The topological polar surface area (TPSA) is 90.7 Å². The van der Waals surface area contributed by atoms with Gasteiger partial charge in [-0.15, -0.1) is 0 Å². The fraction of sp³-hybridized carbons (Fsp3) is 0.300. The fourth-order valence-electron chi connectivity index (χ4n) is 2.85. The lowest BCUT2D eigenvalue weighted by atomic mass is 10.0. The van der Waals surface area contributed by atoms with Crippen LogP contribution in [0.5, 0.6) is 5.75 Å². The molecule has 2 aromatic rings. The van der Waals surface area contributed by atoms with E-state index in [0.717, 1.165) is 30.6 Å². The Morgan fingerprint density at radius 2 is 1.96 bits per heavy atom. The van der Waals surface area contributed by atoms with E-state index < -0.39 is 5.91 Å². The normalized spacial score (nSPS) is 16.2. The zero-order chi connectivity index (χ0) is 18.4. The third-order valence-electron chi connectivity index (χ3n) is 4.21. The smallest absolute Gasteiger partial charge is 0.255 e. The van der Waals surface area contributed by atoms with E-state index in [1.807, 2.05) is 30.3 Å². The number of hydrogen-bond donors (Lipinski definition) is 2. The number of nitrogens with two attached hydrogens (primary N) is 1. The number of carbonyl (C=O) groups is 2. The molecule has 1 unspecified atom stereocenters. The molecule has 0 aromatic heterocycles. The molecule has 6 nitrogen and oxygen atoms in total. The zero-order valence-corrected chi connectivity index (χ0v) is 14.4. The summed E-state index contributed by atoms with van der Waals surface area (Å²) in [5.41, 5.74) is 7.57. The van der Waals surface area contributed by atoms with E-state index in [1.165, 1.54) is 0 Å². The Bertz CT molecular complexity index is 768. The van der Waals surface area contributed by atoms with E-state index in [0.29, 0.717) is 17.9 Å². The molecule has 2 aromatic carbocycles. The minimum absolute atomic E-state index is 0.106. The Kier molecular flexibility index (Phi) is 5.86. The average Bonchev–Trinajstić information content (AvgIpc) is 3.18. The molecule has 2 amide bonds. The van der Waals surface area contributed by atoms with Crippen LogP contribution in [-0.2, 0) is 9.53 Å². The Hall–Kier alpha value is -2.86. The van der Waals surface area contributed by atoms with Crippen molar-refractivity contribution in [1.29, 1.82) is 0 Å². The zero-order valence-electron chi connectivity index (χ0n) is 14.4. The lowest BCUT2D eigenvalue weighted by molar-refractivity contribution is -0.119. The second-order valence-corrected chi connectivity index (χ2v) is 6.21. The lowest BCUT2D eigenvalue weighted by Gasteiger charge is -2.11. The highest BCUT2D eigenvalue weighted by Gasteiger charge is 2.16. The van der Waals surface area contributed by atoms with E-state index in [9.17, 15) is 9.59 Å². The van der Waals surface area contributed by atoms with Gasteiger partial charge < -0.3 is 20.5 Å². The molecule has 1 atom stereocenters. The van der Waals surface area contributed by atoms with E-state index in [-0.39, 0.29) is 18.6 Å². The van der Waals surface area contributed by atoms with Crippen molar-refractivity contribution in [2.45, 2.75) is 18.9 Å². The van der Waals surface area contributed by atoms with Crippen LogP contribution in [0.25, 0.3) is 11.1 Å². The quantitative estimate of drug-likeness (QED) is 0.797. The molecule has 1 aliphatic heterocycles. The van der Waals surface area contributed by atoms with Crippen LogP contribution in [0.15, 0.2) is 48.5 Å². The van der Waals surface area contributed by atoms with Gasteiger partial charge in [-0.25, -0.2) is 0 Å². The number of primary amides is 1. The fourth-order valence-corrected chi connectivity index (χ4v) is 2.85. The molecule has 1 saturated heterocycles. The molecular weight excluding hydrogens is 332 g/mol. The van der Waals surface area contributed by atoms with Crippen LogP contribution in [0, 0.1) is 0 Å². The Balaban J connectivity index is 1.62. The maximum absolute atomic E-state index is 12.2. The molecule has 26 heavy (non-hydrogen) atoms. The van der Waals surface area contributed by atoms with Crippen molar-refractivity contribution >= 4 is 11.8 Å². The molecule has 0 radical (unpaired) electrons. The van der Waals surface area contributed by atoms with Gasteiger partial charge in [0, 0.05) is 18.7 Å². The average molecular weight is 354 g/mol. The second-order valence-electron chi connectivity index (χ2n) is 6.21. The predicted molar refractivity (Wildman–Crippen MR) is 97.9 cm³/mol. The molecule has 0 spiro atoms. The van der Waals surface area contributed by atoms with Crippen molar-refractivity contribution in [3.63, 3.8) is 0 Å². The van der Waals surface area contributed by atoms with E-state index in [2.05, 4.69) is 5.32 Å². The number of rotatable bonds is 7. The van der Waals surface area contributed by atoms with Crippen LogP contribution in [-0.4, -0.2) is 37.7 Å². The SMILES string of the molecule is NC(=O)COc1cccc(-c2ccc(C(=O)NCC3CCCO3)cc2)c1. The highest BCUT2D eigenvalue weighted by molar-refractivity contribution is 5.94. The largest absolute Gasteiger partial charge is 0.484 e. The first kappa shape index (κ1) is 17.9. The Morgan fingerprint density at radius 3 is 2.65 bits per heavy atom. The monoisotopic (exact) mass is 354 g/mol. The molecular formula is C20H22N2O4. The van der Waals surface area contributed by atoms with E-state index in [4.69, 9.17) is 15.2 Å². The van der Waals surface area contributed by atoms with E-state index >= 15 is 0 Å². The van der Waals surface area contributed by atoms with Crippen molar-refractivity contribution in [3.05, 3.63) is 54.1 Å². The van der Waals surface area contributed by atoms with Gasteiger partial charge in [0.25, 0.3) is 11.8 Å². The van der Waals surface area contributed by atoms with Gasteiger partial charge in [0.05, 0.1) is 6.10 Å². The molecule has 3 N–H and O–H groups in total. The highest BCUT2D eigenvalue weighted by Crippen LogP contribution is 2.24. The van der Waals surface area contributed by atoms with Crippen LogP contribution in [0.1, 0.15) is 23.2 Å². The van der Waals surface area contributed by atoms with Crippen molar-refractivity contribution in [3.8, 4) is 16.9 Å². The molecule has 1 aliphatic rings. The van der Waals surface area contributed by atoms with Crippen LogP contribution < -0.4 is 15.8 Å². The van der Waals surface area contributed by atoms with Crippen molar-refractivity contribution in [1.82, 2.24) is 5.32 Å². The predicted octanol–water partition coefficient (Wildman–Crippen LogP) is 2.13. The van der Waals surface area contributed by atoms with Crippen LogP contribution >= 0.6 is 0 Å². The molecule has 136 valence electrons. The van der Waals surface area contributed by atoms with Crippen LogP contribution in [0.3, 0.4) is 0 Å². The van der Waals surface area contributed by atoms with Crippen molar-refractivity contribution < 1.29 is 19.1 Å². The molecule has 0 saturated carbocycles. The summed E-state index contributed by atoms with van der Waals surface area (Å²) in [7, 11) is 0. The number of benzene rings is 2. The maximum atomic E-state index is 12.2. The number of nitrogens with one attached hydrogen (secondary N) is 1. The van der Waals surface area contributed by atoms with Crippen molar-refractivity contribution in [2.24, 2.45) is 5.73 Å². The summed E-state index contributed by atoms with van der Waals surface area (Å²) < 4.78 is 10.8. The minimum atomic E-state index is -0.520. The minimum Gasteiger partial charge on any atom is -0.484 e. The highest BCUT2D eigenvalue weighted by atomic mass is 16.5. The van der Waals surface area contributed by atoms with Gasteiger partial charge in [-0.1, -0.05) is 24.3 Å². The van der Waals surface area contributed by atoms with Crippen molar-refractivity contribution in [2.75, 3.05) is 19.8 Å². The van der Waals surface area contributed by atoms with Crippen LogP contribution in [0.4, 0.5) is 0 Å². The summed E-state index contributed by atoms with van der Waals surface area (Å²) in [5.74, 6) is -0.0564. The summed E-state index contributed by atoms with van der Waals surface area (Å²) in [6, 6.07) is 14.7. The molecule has 1 heterocycles. The third kappa shape index (κ3) is 4.83. The van der Waals surface area contributed by atoms with E-state index in [1.54, 1.807) is 18.2 Å². The molecule has 0 bridgehead atoms. The first-order valence-electron chi connectivity index (χ1n) is 8.63. The first-order chi connectivity index (χ1) is 12.6. The van der Waals surface area contributed by atoms with Crippen LogP contribution in [0.2, 0.25) is 0 Å².